The highest BCUT2D eigenvalue weighted by Crippen LogP contribution is 2.27. The molecule has 2 N–H and O–H groups in total. The van der Waals surface area contributed by atoms with E-state index in [1.165, 1.54) is 6.42 Å². The molecular formula is C16H23N3O2. The Hall–Kier alpha value is -1.75. The van der Waals surface area contributed by atoms with Crippen LogP contribution >= 0.6 is 0 Å². The maximum atomic E-state index is 12.5. The second-order valence-electron chi connectivity index (χ2n) is 5.80. The van der Waals surface area contributed by atoms with E-state index in [1.807, 2.05) is 23.1 Å². The van der Waals surface area contributed by atoms with Gasteiger partial charge in [-0.3, -0.25) is 4.79 Å². The number of phenols is 1. The average Bonchev–Trinajstić information content (AvgIpc) is 2.56. The van der Waals surface area contributed by atoms with Gasteiger partial charge in [0.05, 0.1) is 11.7 Å². The van der Waals surface area contributed by atoms with Crippen molar-refractivity contribution >= 4 is 11.6 Å². The molecule has 21 heavy (non-hydrogen) atoms. The molecule has 1 aromatic rings. The summed E-state index contributed by atoms with van der Waals surface area (Å²) in [6.07, 6.45) is 3.27. The maximum absolute atomic E-state index is 12.5. The molecule has 1 aromatic carbocycles. The second kappa shape index (κ2) is 6.35. The van der Waals surface area contributed by atoms with Crippen LogP contribution in [0.5, 0.6) is 5.75 Å². The third-order valence-electron chi connectivity index (χ3n) is 4.42. The van der Waals surface area contributed by atoms with E-state index >= 15 is 0 Å². The van der Waals surface area contributed by atoms with Gasteiger partial charge < -0.3 is 20.2 Å². The van der Waals surface area contributed by atoms with Crippen molar-refractivity contribution in [2.45, 2.75) is 25.3 Å². The molecule has 2 fully saturated rings. The van der Waals surface area contributed by atoms with Crippen LogP contribution in [0, 0.1) is 0 Å². The van der Waals surface area contributed by atoms with E-state index in [2.05, 4.69) is 10.2 Å². The number of benzene rings is 1. The summed E-state index contributed by atoms with van der Waals surface area (Å²) in [6, 6.07) is 7.40. The normalized spacial score (nSPS) is 23.1. The molecule has 0 saturated carbocycles. The molecule has 114 valence electrons. The number of carbonyl (C=O) groups excluding carboxylic acids is 1. The van der Waals surface area contributed by atoms with E-state index in [0.29, 0.717) is 5.75 Å². The standard InChI is InChI=1S/C16H23N3O2/c20-15-7-2-1-6-14(15)18-9-11-19(12-10-18)16(21)13-5-3-4-8-17-13/h1-2,6-7,13,17,20H,3-5,8-12H2. The van der Waals surface area contributed by atoms with Crippen LogP contribution in [-0.2, 0) is 4.79 Å². The molecule has 0 bridgehead atoms. The van der Waals surface area contributed by atoms with Gasteiger partial charge in [-0.25, -0.2) is 0 Å². The van der Waals surface area contributed by atoms with Crippen molar-refractivity contribution in [1.29, 1.82) is 0 Å². The number of nitrogens with one attached hydrogen (secondary N) is 1. The van der Waals surface area contributed by atoms with Gasteiger partial charge in [0.2, 0.25) is 5.91 Å². The number of piperidine rings is 1. The van der Waals surface area contributed by atoms with Crippen molar-refractivity contribution in [3.63, 3.8) is 0 Å². The predicted molar refractivity (Wildman–Crippen MR) is 82.5 cm³/mol. The molecule has 1 amide bonds. The largest absolute Gasteiger partial charge is 0.506 e. The lowest BCUT2D eigenvalue weighted by molar-refractivity contribution is -0.134. The number of aromatic hydroxyl groups is 1. The monoisotopic (exact) mass is 289 g/mol. The third kappa shape index (κ3) is 3.13. The lowest BCUT2D eigenvalue weighted by atomic mass is 10.0. The maximum Gasteiger partial charge on any atom is 0.239 e. The number of anilines is 1. The Labute approximate surface area is 125 Å². The summed E-state index contributed by atoms with van der Waals surface area (Å²) >= 11 is 0. The number of amides is 1. The summed E-state index contributed by atoms with van der Waals surface area (Å²) in [5.41, 5.74) is 0.861. The summed E-state index contributed by atoms with van der Waals surface area (Å²) < 4.78 is 0. The SMILES string of the molecule is O=C(C1CCCCN1)N1CCN(c2ccccc2O)CC1. The zero-order valence-corrected chi connectivity index (χ0v) is 12.3. The van der Waals surface area contributed by atoms with Gasteiger partial charge in [-0.15, -0.1) is 0 Å². The zero-order chi connectivity index (χ0) is 14.7. The van der Waals surface area contributed by atoms with Crippen LogP contribution in [0.15, 0.2) is 24.3 Å². The highest BCUT2D eigenvalue weighted by Gasteiger charge is 2.28. The number of nitrogens with zero attached hydrogens (tertiary/aromatic N) is 2. The molecule has 5 nitrogen and oxygen atoms in total. The Bertz CT molecular complexity index is 492. The van der Waals surface area contributed by atoms with Gasteiger partial charge in [0, 0.05) is 26.2 Å². The molecule has 1 atom stereocenters. The summed E-state index contributed by atoms with van der Waals surface area (Å²) in [7, 11) is 0. The van der Waals surface area contributed by atoms with Gasteiger partial charge in [-0.05, 0) is 31.5 Å². The van der Waals surface area contributed by atoms with E-state index in [0.717, 1.165) is 51.3 Å². The van der Waals surface area contributed by atoms with Crippen LogP contribution in [-0.4, -0.2) is 54.7 Å². The number of carbonyl (C=O) groups is 1. The quantitative estimate of drug-likeness (QED) is 0.858. The first kappa shape index (κ1) is 14.2. The smallest absolute Gasteiger partial charge is 0.239 e. The first-order chi connectivity index (χ1) is 10.3. The molecule has 2 heterocycles. The van der Waals surface area contributed by atoms with Crippen LogP contribution < -0.4 is 10.2 Å². The molecule has 0 aromatic heterocycles. The van der Waals surface area contributed by atoms with Crippen molar-refractivity contribution in [3.8, 4) is 5.75 Å². The number of phenolic OH excluding ortho intramolecular Hbond substituents is 1. The molecule has 0 radical (unpaired) electrons. The summed E-state index contributed by atoms with van der Waals surface area (Å²) in [6.45, 7) is 3.96. The van der Waals surface area contributed by atoms with Crippen LogP contribution in [0.4, 0.5) is 5.69 Å². The second-order valence-corrected chi connectivity index (χ2v) is 5.80. The average molecular weight is 289 g/mol. The topological polar surface area (TPSA) is 55.8 Å². The lowest BCUT2D eigenvalue weighted by Gasteiger charge is -2.38. The molecule has 2 saturated heterocycles. The van der Waals surface area contributed by atoms with Crippen molar-refractivity contribution in [2.24, 2.45) is 0 Å². The molecular weight excluding hydrogens is 266 g/mol. The predicted octanol–water partition coefficient (Wildman–Crippen LogP) is 1.18. The van der Waals surface area contributed by atoms with Gasteiger partial charge >= 0.3 is 0 Å². The minimum atomic E-state index is 0.00966. The Morgan fingerprint density at radius 1 is 1.14 bits per heavy atom. The highest BCUT2D eigenvalue weighted by molar-refractivity contribution is 5.82. The Morgan fingerprint density at radius 3 is 2.57 bits per heavy atom. The van der Waals surface area contributed by atoms with Crippen LogP contribution in [0.2, 0.25) is 0 Å². The van der Waals surface area contributed by atoms with E-state index in [1.54, 1.807) is 6.07 Å². The number of piperazine rings is 1. The van der Waals surface area contributed by atoms with Crippen LogP contribution in [0.3, 0.4) is 0 Å². The van der Waals surface area contributed by atoms with Crippen LogP contribution in [0.25, 0.3) is 0 Å². The lowest BCUT2D eigenvalue weighted by Crippen LogP contribution is -2.55. The molecule has 2 aliphatic rings. The molecule has 0 aliphatic carbocycles. The first-order valence-corrected chi connectivity index (χ1v) is 7.81. The summed E-state index contributed by atoms with van der Waals surface area (Å²) in [5, 5.41) is 13.2. The van der Waals surface area contributed by atoms with Gasteiger partial charge in [0.1, 0.15) is 5.75 Å². The molecule has 0 spiro atoms. The van der Waals surface area contributed by atoms with Gasteiger partial charge in [0.25, 0.3) is 0 Å². The first-order valence-electron chi connectivity index (χ1n) is 7.81. The molecule has 5 heteroatoms. The van der Waals surface area contributed by atoms with Gasteiger partial charge in [-0.1, -0.05) is 18.6 Å². The minimum Gasteiger partial charge on any atom is -0.506 e. The molecule has 2 aliphatic heterocycles. The fourth-order valence-corrected chi connectivity index (χ4v) is 3.18. The highest BCUT2D eigenvalue weighted by atomic mass is 16.3. The van der Waals surface area contributed by atoms with Gasteiger partial charge in [-0.2, -0.15) is 0 Å². The van der Waals surface area contributed by atoms with E-state index in [4.69, 9.17) is 0 Å². The molecule has 1 unspecified atom stereocenters. The summed E-state index contributed by atoms with van der Waals surface area (Å²) in [4.78, 5) is 16.6. The minimum absolute atomic E-state index is 0.00966. The van der Waals surface area contributed by atoms with Crippen molar-refractivity contribution in [1.82, 2.24) is 10.2 Å². The Balaban J connectivity index is 1.57. The Morgan fingerprint density at radius 2 is 1.90 bits per heavy atom. The zero-order valence-electron chi connectivity index (χ0n) is 12.3. The van der Waals surface area contributed by atoms with E-state index < -0.39 is 0 Å². The number of hydrogen-bond acceptors (Lipinski definition) is 4. The van der Waals surface area contributed by atoms with Crippen LogP contribution in [0.1, 0.15) is 19.3 Å². The van der Waals surface area contributed by atoms with Crippen molar-refractivity contribution in [3.05, 3.63) is 24.3 Å². The number of hydrogen-bond donors (Lipinski definition) is 2. The van der Waals surface area contributed by atoms with Crippen molar-refractivity contribution < 1.29 is 9.90 Å². The Kier molecular flexibility index (Phi) is 4.29. The fourth-order valence-electron chi connectivity index (χ4n) is 3.18. The third-order valence-corrected chi connectivity index (χ3v) is 4.42. The van der Waals surface area contributed by atoms with E-state index in [-0.39, 0.29) is 11.9 Å². The molecule has 3 rings (SSSR count). The van der Waals surface area contributed by atoms with E-state index in [9.17, 15) is 9.90 Å². The summed E-state index contributed by atoms with van der Waals surface area (Å²) in [5.74, 6) is 0.554. The van der Waals surface area contributed by atoms with Crippen molar-refractivity contribution in [2.75, 3.05) is 37.6 Å². The number of rotatable bonds is 2. The number of para-hydroxylation sites is 2. The fraction of sp³-hybridized carbons (Fsp3) is 0.562. The van der Waals surface area contributed by atoms with Gasteiger partial charge in [0.15, 0.2) is 0 Å².